The molecule has 0 aliphatic rings. The number of hydrogen-bond acceptors (Lipinski definition) is 3. The van der Waals surface area contributed by atoms with Crippen LogP contribution in [0.2, 0.25) is 0 Å². The van der Waals surface area contributed by atoms with Gasteiger partial charge in [0.25, 0.3) is 5.69 Å². The minimum absolute atomic E-state index is 0.116. The minimum atomic E-state index is -0.397. The average molecular weight is 180 g/mol. The number of hydrogen-bond donors (Lipinski definition) is 1. The van der Waals surface area contributed by atoms with Crippen LogP contribution in [-0.4, -0.2) is 11.0 Å². The second kappa shape index (κ2) is 3.89. The summed E-state index contributed by atoms with van der Waals surface area (Å²) in [4.78, 5) is 10.0. The predicted octanol–water partition coefficient (Wildman–Crippen LogP) is 2.42. The molecule has 0 bridgehead atoms. The van der Waals surface area contributed by atoms with E-state index in [-0.39, 0.29) is 11.7 Å². The quantitative estimate of drug-likeness (QED) is 0.574. The van der Waals surface area contributed by atoms with E-state index in [2.05, 4.69) is 5.32 Å². The lowest BCUT2D eigenvalue weighted by Gasteiger charge is -2.08. The molecule has 0 fully saturated rings. The Labute approximate surface area is 76.7 Å². The normalized spacial score (nSPS) is 10.1. The lowest BCUT2D eigenvalue weighted by atomic mass is 10.2. The Kier molecular flexibility index (Phi) is 2.84. The van der Waals surface area contributed by atoms with E-state index in [4.69, 9.17) is 0 Å². The molecule has 0 heterocycles. The summed E-state index contributed by atoms with van der Waals surface area (Å²) in [5.74, 6) is 0. The molecule has 0 atom stereocenters. The molecule has 13 heavy (non-hydrogen) atoms. The molecule has 0 aliphatic heterocycles. The fourth-order valence-corrected chi connectivity index (χ4v) is 1.04. The van der Waals surface area contributed by atoms with Gasteiger partial charge in [0, 0.05) is 23.9 Å². The number of nitrogens with zero attached hydrogens (tertiary/aromatic N) is 1. The maximum atomic E-state index is 10.4. The standard InChI is InChI=1S/C9H12N2O2/c1-7(2)10-8-4-3-5-9(6-8)11(12)13/h3-7,10H,1-2H3. The highest BCUT2D eigenvalue weighted by Gasteiger charge is 2.05. The number of nitrogens with one attached hydrogen (secondary N) is 1. The minimum Gasteiger partial charge on any atom is -0.383 e. The number of nitro benzene ring substituents is 1. The van der Waals surface area contributed by atoms with Crippen LogP contribution in [0.15, 0.2) is 24.3 Å². The van der Waals surface area contributed by atoms with Crippen molar-refractivity contribution in [3.8, 4) is 0 Å². The molecule has 0 radical (unpaired) electrons. The largest absolute Gasteiger partial charge is 0.383 e. The van der Waals surface area contributed by atoms with E-state index in [9.17, 15) is 10.1 Å². The van der Waals surface area contributed by atoms with Gasteiger partial charge >= 0.3 is 0 Å². The number of non-ortho nitro benzene ring substituents is 1. The molecule has 0 saturated carbocycles. The van der Waals surface area contributed by atoms with Crippen LogP contribution in [0.3, 0.4) is 0 Å². The third kappa shape index (κ3) is 2.74. The molecule has 0 aromatic heterocycles. The van der Waals surface area contributed by atoms with Crippen molar-refractivity contribution in [3.05, 3.63) is 34.4 Å². The Morgan fingerprint density at radius 3 is 2.69 bits per heavy atom. The zero-order valence-electron chi connectivity index (χ0n) is 7.65. The summed E-state index contributed by atoms with van der Waals surface area (Å²) in [6.07, 6.45) is 0. The van der Waals surface area contributed by atoms with Crippen molar-refractivity contribution in [1.29, 1.82) is 0 Å². The fourth-order valence-electron chi connectivity index (χ4n) is 1.04. The molecule has 4 nitrogen and oxygen atoms in total. The van der Waals surface area contributed by atoms with Crippen LogP contribution >= 0.6 is 0 Å². The SMILES string of the molecule is CC(C)Nc1cccc([N+](=O)[O-])c1. The zero-order valence-corrected chi connectivity index (χ0v) is 7.65. The summed E-state index contributed by atoms with van der Waals surface area (Å²) in [6, 6.07) is 6.77. The van der Waals surface area contributed by atoms with Crippen molar-refractivity contribution in [2.75, 3.05) is 5.32 Å². The Morgan fingerprint density at radius 1 is 1.46 bits per heavy atom. The van der Waals surface area contributed by atoms with Crippen LogP contribution in [0.5, 0.6) is 0 Å². The van der Waals surface area contributed by atoms with Gasteiger partial charge in [-0.1, -0.05) is 6.07 Å². The second-order valence-corrected chi connectivity index (χ2v) is 3.11. The Morgan fingerprint density at radius 2 is 2.15 bits per heavy atom. The van der Waals surface area contributed by atoms with Crippen LogP contribution in [0.1, 0.15) is 13.8 Å². The van der Waals surface area contributed by atoms with E-state index >= 15 is 0 Å². The Balaban J connectivity index is 2.85. The summed E-state index contributed by atoms with van der Waals surface area (Å²) in [7, 11) is 0. The first-order valence-electron chi connectivity index (χ1n) is 4.10. The topological polar surface area (TPSA) is 55.2 Å². The second-order valence-electron chi connectivity index (χ2n) is 3.11. The molecule has 1 aromatic carbocycles. The summed E-state index contributed by atoms with van der Waals surface area (Å²) < 4.78 is 0. The first kappa shape index (κ1) is 9.51. The highest BCUT2D eigenvalue weighted by atomic mass is 16.6. The van der Waals surface area contributed by atoms with Gasteiger partial charge < -0.3 is 5.32 Å². The van der Waals surface area contributed by atoms with Crippen LogP contribution < -0.4 is 5.32 Å². The molecule has 1 N–H and O–H groups in total. The van der Waals surface area contributed by atoms with Gasteiger partial charge in [0.2, 0.25) is 0 Å². The molecular formula is C9H12N2O2. The van der Waals surface area contributed by atoms with Crippen molar-refractivity contribution in [1.82, 2.24) is 0 Å². The smallest absolute Gasteiger partial charge is 0.271 e. The summed E-state index contributed by atoms with van der Waals surface area (Å²) in [5, 5.41) is 13.5. The number of benzene rings is 1. The summed E-state index contributed by atoms with van der Waals surface area (Å²) in [6.45, 7) is 3.97. The molecule has 0 saturated heterocycles. The van der Waals surface area contributed by atoms with Crippen molar-refractivity contribution in [2.45, 2.75) is 19.9 Å². The molecular weight excluding hydrogens is 168 g/mol. The van der Waals surface area contributed by atoms with E-state index < -0.39 is 4.92 Å². The third-order valence-corrected chi connectivity index (χ3v) is 1.51. The van der Waals surface area contributed by atoms with E-state index in [0.29, 0.717) is 0 Å². The van der Waals surface area contributed by atoms with Gasteiger partial charge in [-0.05, 0) is 19.9 Å². The molecule has 4 heteroatoms. The number of nitro groups is 1. The Bertz CT molecular complexity index is 310. The van der Waals surface area contributed by atoms with Crippen molar-refractivity contribution < 1.29 is 4.92 Å². The van der Waals surface area contributed by atoms with Gasteiger partial charge in [0.05, 0.1) is 4.92 Å². The molecule has 0 aliphatic carbocycles. The maximum absolute atomic E-state index is 10.4. The lowest BCUT2D eigenvalue weighted by Crippen LogP contribution is -2.09. The number of rotatable bonds is 3. The molecule has 0 spiro atoms. The van der Waals surface area contributed by atoms with E-state index in [0.717, 1.165) is 5.69 Å². The molecule has 1 aromatic rings. The van der Waals surface area contributed by atoms with Crippen molar-refractivity contribution >= 4 is 11.4 Å². The van der Waals surface area contributed by atoms with Crippen LogP contribution in [0.4, 0.5) is 11.4 Å². The van der Waals surface area contributed by atoms with Crippen molar-refractivity contribution in [2.24, 2.45) is 0 Å². The van der Waals surface area contributed by atoms with E-state index in [1.54, 1.807) is 6.07 Å². The lowest BCUT2D eigenvalue weighted by molar-refractivity contribution is -0.384. The highest BCUT2D eigenvalue weighted by Crippen LogP contribution is 2.17. The third-order valence-electron chi connectivity index (χ3n) is 1.51. The zero-order chi connectivity index (χ0) is 9.84. The highest BCUT2D eigenvalue weighted by molar-refractivity contribution is 5.51. The van der Waals surface area contributed by atoms with Gasteiger partial charge in [0.15, 0.2) is 0 Å². The number of anilines is 1. The van der Waals surface area contributed by atoms with Gasteiger partial charge in [-0.15, -0.1) is 0 Å². The Hall–Kier alpha value is -1.58. The molecule has 0 amide bonds. The van der Waals surface area contributed by atoms with Crippen LogP contribution in [0, 0.1) is 10.1 Å². The monoisotopic (exact) mass is 180 g/mol. The predicted molar refractivity (Wildman–Crippen MR) is 51.9 cm³/mol. The van der Waals surface area contributed by atoms with Crippen LogP contribution in [-0.2, 0) is 0 Å². The maximum Gasteiger partial charge on any atom is 0.271 e. The first-order valence-corrected chi connectivity index (χ1v) is 4.10. The van der Waals surface area contributed by atoms with Gasteiger partial charge in [-0.3, -0.25) is 10.1 Å². The molecule has 0 unspecified atom stereocenters. The van der Waals surface area contributed by atoms with E-state index in [1.165, 1.54) is 12.1 Å². The first-order chi connectivity index (χ1) is 6.09. The van der Waals surface area contributed by atoms with Crippen LogP contribution in [0.25, 0.3) is 0 Å². The summed E-state index contributed by atoms with van der Waals surface area (Å²) >= 11 is 0. The van der Waals surface area contributed by atoms with Crippen molar-refractivity contribution in [3.63, 3.8) is 0 Å². The van der Waals surface area contributed by atoms with Gasteiger partial charge in [-0.25, -0.2) is 0 Å². The van der Waals surface area contributed by atoms with E-state index in [1.807, 2.05) is 19.9 Å². The molecule has 70 valence electrons. The fraction of sp³-hybridized carbons (Fsp3) is 0.333. The average Bonchev–Trinajstić information content (AvgIpc) is 2.03. The van der Waals surface area contributed by atoms with Gasteiger partial charge in [0.1, 0.15) is 0 Å². The van der Waals surface area contributed by atoms with Gasteiger partial charge in [-0.2, -0.15) is 0 Å². The summed E-state index contributed by atoms with van der Waals surface area (Å²) in [5.41, 5.74) is 0.898. The molecule has 1 rings (SSSR count).